The molecule has 3 heterocycles. The van der Waals surface area contributed by atoms with Gasteiger partial charge in [-0.25, -0.2) is 4.52 Å². The van der Waals surface area contributed by atoms with Crippen LogP contribution in [0, 0.1) is 0 Å². The highest BCUT2D eigenvalue weighted by atomic mass is 32.1. The zero-order valence-electron chi connectivity index (χ0n) is 12.4. The fourth-order valence-corrected chi connectivity index (χ4v) is 3.54. The van der Waals surface area contributed by atoms with Crippen LogP contribution in [0.2, 0.25) is 0 Å². The van der Waals surface area contributed by atoms with Gasteiger partial charge in [0.1, 0.15) is 0 Å². The average Bonchev–Trinajstić information content (AvgIpc) is 3.24. The van der Waals surface area contributed by atoms with E-state index < -0.39 is 11.8 Å². The van der Waals surface area contributed by atoms with Crippen LogP contribution in [0.25, 0.3) is 15.7 Å². The Labute approximate surface area is 140 Å². The predicted octanol–water partition coefficient (Wildman–Crippen LogP) is 1.31. The third kappa shape index (κ3) is 3.40. The number of carbonyl (C=O) groups excluding carboxylic acids is 2. The highest BCUT2D eigenvalue weighted by molar-refractivity contribution is 7.15. The number of hydrogen-bond donors (Lipinski definition) is 2. The SMILES string of the molecule is CCNC(=O)C(=O)NCCc1csc2nc(-c3cccs3)nn12. The summed E-state index contributed by atoms with van der Waals surface area (Å²) in [6.07, 6.45) is 0.582. The molecule has 23 heavy (non-hydrogen) atoms. The fourth-order valence-electron chi connectivity index (χ4n) is 2.03. The first-order valence-electron chi connectivity index (χ1n) is 7.12. The number of aromatic nitrogens is 3. The van der Waals surface area contributed by atoms with Crippen molar-refractivity contribution in [1.82, 2.24) is 25.2 Å². The number of thiophene rings is 1. The quantitative estimate of drug-likeness (QED) is 0.680. The molecule has 0 aromatic carbocycles. The molecule has 0 aliphatic rings. The maximum atomic E-state index is 11.5. The maximum Gasteiger partial charge on any atom is 0.309 e. The summed E-state index contributed by atoms with van der Waals surface area (Å²) in [6.45, 7) is 2.57. The van der Waals surface area contributed by atoms with Gasteiger partial charge in [-0.15, -0.1) is 27.8 Å². The van der Waals surface area contributed by atoms with Gasteiger partial charge in [-0.1, -0.05) is 6.07 Å². The van der Waals surface area contributed by atoms with Crippen LogP contribution in [0.3, 0.4) is 0 Å². The Morgan fingerprint density at radius 1 is 1.26 bits per heavy atom. The molecule has 3 rings (SSSR count). The van der Waals surface area contributed by atoms with E-state index in [0.29, 0.717) is 25.3 Å². The molecule has 120 valence electrons. The molecular formula is C14H15N5O2S2. The second-order valence-corrected chi connectivity index (χ2v) is 6.48. The molecule has 0 aliphatic carbocycles. The van der Waals surface area contributed by atoms with Crippen LogP contribution < -0.4 is 10.6 Å². The van der Waals surface area contributed by atoms with Gasteiger partial charge in [-0.05, 0) is 18.4 Å². The van der Waals surface area contributed by atoms with Gasteiger partial charge < -0.3 is 10.6 Å². The van der Waals surface area contributed by atoms with Crippen molar-refractivity contribution in [3.63, 3.8) is 0 Å². The fraction of sp³-hybridized carbons (Fsp3) is 0.286. The molecule has 0 aliphatic heterocycles. The number of amides is 2. The van der Waals surface area contributed by atoms with Crippen LogP contribution >= 0.6 is 22.7 Å². The largest absolute Gasteiger partial charge is 0.348 e. The van der Waals surface area contributed by atoms with Crippen LogP contribution in [0.1, 0.15) is 12.6 Å². The van der Waals surface area contributed by atoms with E-state index >= 15 is 0 Å². The molecule has 2 amide bonds. The summed E-state index contributed by atoms with van der Waals surface area (Å²) < 4.78 is 1.79. The van der Waals surface area contributed by atoms with Gasteiger partial charge >= 0.3 is 11.8 Å². The Kier molecular flexibility index (Phi) is 4.68. The van der Waals surface area contributed by atoms with Crippen molar-refractivity contribution in [1.29, 1.82) is 0 Å². The summed E-state index contributed by atoms with van der Waals surface area (Å²) in [5.74, 6) is -0.514. The topological polar surface area (TPSA) is 88.4 Å². The van der Waals surface area contributed by atoms with Crippen molar-refractivity contribution in [3.05, 3.63) is 28.6 Å². The first kappa shape index (κ1) is 15.6. The van der Waals surface area contributed by atoms with Gasteiger partial charge in [-0.3, -0.25) is 9.59 Å². The molecule has 7 nitrogen and oxygen atoms in total. The summed E-state index contributed by atoms with van der Waals surface area (Å²) in [7, 11) is 0. The lowest BCUT2D eigenvalue weighted by Gasteiger charge is -2.04. The van der Waals surface area contributed by atoms with E-state index in [4.69, 9.17) is 0 Å². The number of likely N-dealkylation sites (N-methyl/N-ethyl adjacent to an activating group) is 1. The van der Waals surface area contributed by atoms with E-state index in [2.05, 4.69) is 20.7 Å². The lowest BCUT2D eigenvalue weighted by molar-refractivity contribution is -0.139. The Balaban J connectivity index is 1.64. The summed E-state index contributed by atoms with van der Waals surface area (Å²) >= 11 is 3.10. The first-order valence-corrected chi connectivity index (χ1v) is 8.88. The van der Waals surface area contributed by atoms with Crippen molar-refractivity contribution in [3.8, 4) is 10.7 Å². The minimum Gasteiger partial charge on any atom is -0.348 e. The summed E-state index contributed by atoms with van der Waals surface area (Å²) in [5.41, 5.74) is 0.955. The van der Waals surface area contributed by atoms with Crippen LogP contribution in [0.4, 0.5) is 0 Å². The Hall–Kier alpha value is -2.26. The second-order valence-electron chi connectivity index (χ2n) is 4.70. The van der Waals surface area contributed by atoms with E-state index in [1.807, 2.05) is 22.9 Å². The molecule has 0 atom stereocenters. The van der Waals surface area contributed by atoms with Gasteiger partial charge in [0.15, 0.2) is 5.82 Å². The number of nitrogens with zero attached hydrogens (tertiary/aromatic N) is 3. The maximum absolute atomic E-state index is 11.5. The Morgan fingerprint density at radius 3 is 2.83 bits per heavy atom. The minimum atomic E-state index is -0.615. The third-order valence-electron chi connectivity index (χ3n) is 3.10. The van der Waals surface area contributed by atoms with Crippen molar-refractivity contribution >= 4 is 39.4 Å². The lowest BCUT2D eigenvalue weighted by atomic mass is 10.3. The van der Waals surface area contributed by atoms with Gasteiger partial charge in [0, 0.05) is 24.9 Å². The van der Waals surface area contributed by atoms with Crippen molar-refractivity contribution in [2.75, 3.05) is 13.1 Å². The van der Waals surface area contributed by atoms with Crippen molar-refractivity contribution in [2.24, 2.45) is 0 Å². The molecular weight excluding hydrogens is 334 g/mol. The van der Waals surface area contributed by atoms with Crippen LogP contribution in [0.5, 0.6) is 0 Å². The average molecular weight is 349 g/mol. The molecule has 0 saturated carbocycles. The molecule has 0 spiro atoms. The molecule has 0 bridgehead atoms. The molecule has 3 aromatic rings. The zero-order valence-corrected chi connectivity index (χ0v) is 14.0. The van der Waals surface area contributed by atoms with E-state index in [0.717, 1.165) is 15.5 Å². The monoisotopic (exact) mass is 349 g/mol. The van der Waals surface area contributed by atoms with E-state index in [1.165, 1.54) is 11.3 Å². The van der Waals surface area contributed by atoms with Gasteiger partial charge in [0.05, 0.1) is 10.6 Å². The van der Waals surface area contributed by atoms with Crippen LogP contribution in [0.15, 0.2) is 22.9 Å². The van der Waals surface area contributed by atoms with E-state index in [9.17, 15) is 9.59 Å². The Bertz CT molecular complexity index is 822. The smallest absolute Gasteiger partial charge is 0.309 e. The molecule has 0 radical (unpaired) electrons. The van der Waals surface area contributed by atoms with Gasteiger partial charge in [-0.2, -0.15) is 4.98 Å². The van der Waals surface area contributed by atoms with Crippen molar-refractivity contribution in [2.45, 2.75) is 13.3 Å². The standard InChI is InChI=1S/C14H15N5O2S2/c1-2-15-12(20)13(21)16-6-5-9-8-23-14-17-11(18-19(9)14)10-4-3-7-22-10/h3-4,7-8H,2,5-6H2,1H3,(H,15,20)(H,16,21). The second kappa shape index (κ2) is 6.88. The number of hydrogen-bond acceptors (Lipinski definition) is 6. The summed E-state index contributed by atoms with van der Waals surface area (Å²) in [4.78, 5) is 29.2. The number of rotatable bonds is 5. The summed E-state index contributed by atoms with van der Waals surface area (Å²) in [6, 6.07) is 3.95. The predicted molar refractivity (Wildman–Crippen MR) is 89.6 cm³/mol. The highest BCUT2D eigenvalue weighted by Gasteiger charge is 2.14. The van der Waals surface area contributed by atoms with Crippen LogP contribution in [-0.4, -0.2) is 39.5 Å². The molecule has 0 saturated heterocycles. The number of carbonyl (C=O) groups is 2. The minimum absolute atomic E-state index is 0.371. The normalized spacial score (nSPS) is 10.8. The van der Waals surface area contributed by atoms with Crippen LogP contribution in [-0.2, 0) is 16.0 Å². The molecule has 2 N–H and O–H groups in total. The molecule has 0 unspecified atom stereocenters. The number of fused-ring (bicyclic) bond motifs is 1. The highest BCUT2D eigenvalue weighted by Crippen LogP contribution is 2.24. The first-order chi connectivity index (χ1) is 11.2. The molecule has 3 aromatic heterocycles. The third-order valence-corrected chi connectivity index (χ3v) is 4.83. The lowest BCUT2D eigenvalue weighted by Crippen LogP contribution is -2.40. The zero-order chi connectivity index (χ0) is 16.2. The van der Waals surface area contributed by atoms with Gasteiger partial charge in [0.25, 0.3) is 0 Å². The van der Waals surface area contributed by atoms with E-state index in [1.54, 1.807) is 22.8 Å². The summed E-state index contributed by atoms with van der Waals surface area (Å²) in [5, 5.41) is 13.5. The Morgan fingerprint density at radius 2 is 2.09 bits per heavy atom. The van der Waals surface area contributed by atoms with Gasteiger partial charge in [0.2, 0.25) is 4.96 Å². The molecule has 9 heteroatoms. The molecule has 0 fully saturated rings. The van der Waals surface area contributed by atoms with Crippen molar-refractivity contribution < 1.29 is 9.59 Å². The number of nitrogens with one attached hydrogen (secondary N) is 2. The van der Waals surface area contributed by atoms with E-state index in [-0.39, 0.29) is 0 Å². The number of thiazole rings is 1.